The van der Waals surface area contributed by atoms with Gasteiger partial charge in [-0.05, 0) is 56.7 Å². The van der Waals surface area contributed by atoms with E-state index in [-0.39, 0.29) is 12.0 Å². The lowest BCUT2D eigenvalue weighted by Crippen LogP contribution is -2.20. The largest absolute Gasteiger partial charge is 0.289 e. The van der Waals surface area contributed by atoms with Gasteiger partial charge in [-0.2, -0.15) is 0 Å². The number of Topliss-reactive ketones (excluding diaryl/α,β-unsaturated/α-hetero) is 2. The molecule has 0 N–H and O–H groups in total. The fourth-order valence-electron chi connectivity index (χ4n) is 5.42. The van der Waals surface area contributed by atoms with Crippen LogP contribution in [-0.2, 0) is 0 Å². The molecule has 212 valence electrons. The van der Waals surface area contributed by atoms with Crippen molar-refractivity contribution in [1.29, 1.82) is 0 Å². The quantitative estimate of drug-likeness (QED) is 0.178. The summed E-state index contributed by atoms with van der Waals surface area (Å²) in [7, 11) is 0. The van der Waals surface area contributed by atoms with Crippen molar-refractivity contribution in [3.8, 4) is 0 Å². The van der Waals surface area contributed by atoms with E-state index < -0.39 is 59.3 Å². The van der Waals surface area contributed by atoms with Crippen LogP contribution in [0.4, 0.5) is 0 Å². The van der Waals surface area contributed by atoms with Crippen LogP contribution in [0.15, 0.2) is 47.0 Å². The molecular weight excluding hydrogens is 464 g/mol. The Morgan fingerprint density at radius 2 is 1.24 bits per heavy atom. The van der Waals surface area contributed by atoms with Gasteiger partial charge in [0.05, 0.1) is 5.48 Å². The number of fused-ring (bicyclic) bond motifs is 1. The molecule has 0 aliphatic heterocycles. The van der Waals surface area contributed by atoms with Crippen molar-refractivity contribution in [2.45, 2.75) is 132 Å². The summed E-state index contributed by atoms with van der Waals surface area (Å²) in [5.74, 6) is 1.18. The maximum Gasteiger partial charge on any atom is 0.190 e. The average molecular weight is 528 g/mol. The summed E-state index contributed by atoms with van der Waals surface area (Å²) in [6.07, 6.45) is 16.3. The predicted octanol–water partition coefficient (Wildman–Crippen LogP) is 11.0. The predicted molar refractivity (Wildman–Crippen MR) is 164 cm³/mol. The van der Waals surface area contributed by atoms with Crippen molar-refractivity contribution in [3.05, 3.63) is 58.1 Å². The van der Waals surface area contributed by atoms with Crippen molar-refractivity contribution in [2.75, 3.05) is 0 Å². The van der Waals surface area contributed by atoms with Crippen molar-refractivity contribution >= 4 is 11.6 Å². The van der Waals surface area contributed by atoms with Gasteiger partial charge >= 0.3 is 0 Å². The monoisotopic (exact) mass is 527 g/mol. The molecule has 1 aliphatic carbocycles. The smallest absolute Gasteiger partial charge is 0.190 e. The first-order valence-corrected chi connectivity index (χ1v) is 15.1. The molecule has 3 atom stereocenters. The second-order valence-corrected chi connectivity index (χ2v) is 12.4. The Balaban J connectivity index is 1.86. The lowest BCUT2D eigenvalue weighted by atomic mass is 9.83. The normalized spacial score (nSPS) is 19.7. The van der Waals surface area contributed by atoms with Crippen LogP contribution < -0.4 is 0 Å². The van der Waals surface area contributed by atoms with Gasteiger partial charge in [0, 0.05) is 26.4 Å². The second-order valence-electron chi connectivity index (χ2n) is 12.4. The third-order valence-electron chi connectivity index (χ3n) is 8.13. The Labute approximate surface area is 244 Å². The van der Waals surface area contributed by atoms with Gasteiger partial charge in [0.2, 0.25) is 0 Å². The van der Waals surface area contributed by atoms with Gasteiger partial charge in [0.25, 0.3) is 0 Å². The minimum Gasteiger partial charge on any atom is -0.289 e. The molecule has 0 aromatic heterocycles. The van der Waals surface area contributed by atoms with E-state index in [0.717, 1.165) is 42.6 Å². The zero-order valence-corrected chi connectivity index (χ0v) is 24.9. The van der Waals surface area contributed by atoms with Gasteiger partial charge in [-0.25, -0.2) is 0 Å². The minimum absolute atomic E-state index is 0.0729. The molecule has 0 bridgehead atoms. The summed E-state index contributed by atoms with van der Waals surface area (Å²) in [6.45, 7) is 10.7. The molecule has 38 heavy (non-hydrogen) atoms. The third kappa shape index (κ3) is 11.0. The minimum atomic E-state index is -2.89. The van der Waals surface area contributed by atoms with Crippen LogP contribution in [0.3, 0.4) is 0 Å². The molecule has 0 heterocycles. The average Bonchev–Trinajstić information content (AvgIpc) is 2.94. The lowest BCUT2D eigenvalue weighted by molar-refractivity contribution is 0.0973. The van der Waals surface area contributed by atoms with Gasteiger partial charge in [0.15, 0.2) is 11.6 Å². The van der Waals surface area contributed by atoms with Crippen LogP contribution in [0.25, 0.3) is 0 Å². The molecular formula is C36H56O2. The van der Waals surface area contributed by atoms with Crippen molar-refractivity contribution in [2.24, 2.45) is 23.7 Å². The van der Waals surface area contributed by atoms with E-state index >= 15 is 0 Å². The fourth-order valence-corrected chi connectivity index (χ4v) is 5.42. The number of benzene rings is 1. The highest BCUT2D eigenvalue weighted by atomic mass is 16.1. The molecule has 0 saturated carbocycles. The van der Waals surface area contributed by atoms with Crippen LogP contribution >= 0.6 is 0 Å². The summed E-state index contributed by atoms with van der Waals surface area (Å²) >= 11 is 0. The molecule has 2 heteroatoms. The van der Waals surface area contributed by atoms with E-state index in [9.17, 15) is 9.59 Å². The topological polar surface area (TPSA) is 34.1 Å². The molecule has 2 rings (SSSR count). The number of ketones is 2. The summed E-state index contributed by atoms with van der Waals surface area (Å²) in [5, 5.41) is 0. The maximum atomic E-state index is 13.4. The third-order valence-corrected chi connectivity index (χ3v) is 8.13. The fraction of sp³-hybridized carbons (Fsp3) is 0.667. The zero-order valence-electron chi connectivity index (χ0n) is 31.9. The molecule has 0 spiro atoms. The number of carbonyl (C=O) groups is 2. The van der Waals surface area contributed by atoms with E-state index in [0.29, 0.717) is 5.92 Å². The summed E-state index contributed by atoms with van der Waals surface area (Å²) in [6, 6.07) is -2.58. The Morgan fingerprint density at radius 1 is 0.763 bits per heavy atom. The molecule has 1 aliphatic rings. The van der Waals surface area contributed by atoms with Crippen molar-refractivity contribution in [1.82, 2.24) is 0 Å². The number of hydrogen-bond acceptors (Lipinski definition) is 2. The summed E-state index contributed by atoms with van der Waals surface area (Å²) < 4.78 is 55.9. The Kier molecular flexibility index (Phi) is 10.1. The van der Waals surface area contributed by atoms with E-state index in [4.69, 9.17) is 9.60 Å². The highest BCUT2D eigenvalue weighted by molar-refractivity contribution is 6.26. The maximum absolute atomic E-state index is 13.4. The Morgan fingerprint density at radius 3 is 1.74 bits per heavy atom. The van der Waals surface area contributed by atoms with Crippen LogP contribution in [0.2, 0.25) is 0 Å². The molecule has 2 nitrogen and oxygen atoms in total. The molecule has 1 aromatic carbocycles. The molecule has 0 amide bonds. The van der Waals surface area contributed by atoms with Crippen LogP contribution in [-0.4, -0.2) is 11.6 Å². The van der Waals surface area contributed by atoms with Gasteiger partial charge in [-0.3, -0.25) is 9.59 Å². The standard InChI is InChI=1S/C36H56O2/c1-26(2)14-10-15-27(3)16-11-17-28(4)18-12-19-29(5)20-13-21-30(6)24-25-32-31(7)35(37)33-22-8-9-23-34(33)36(32)38/h8-9,22-24,26-29H,10-21,25H2,1-7H3/b30-24+/t27-,28-,29-/m1/s1/i7D3,8D,9D,22D,23D. The first-order valence-electron chi connectivity index (χ1n) is 18.6. The molecule has 1 aromatic rings. The lowest BCUT2D eigenvalue weighted by Gasteiger charge is -2.18. The number of rotatable bonds is 18. The van der Waals surface area contributed by atoms with Gasteiger partial charge in [-0.1, -0.05) is 135 Å². The molecule has 0 saturated heterocycles. The SMILES string of the molecule is [2H]c1c([2H])c([2H])c2c(c1[2H])C(=O)C(C/C=C(\C)CCC[C@H](C)CCC[C@H](C)CCC[C@H](C)CCCC(C)C)=C(C([2H])([2H])[2H])C2=O. The highest BCUT2D eigenvalue weighted by Gasteiger charge is 2.28. The highest BCUT2D eigenvalue weighted by Crippen LogP contribution is 2.29. The van der Waals surface area contributed by atoms with Gasteiger partial charge < -0.3 is 0 Å². The van der Waals surface area contributed by atoms with Crippen LogP contribution in [0.5, 0.6) is 0 Å². The molecule has 0 fully saturated rings. The Hall–Kier alpha value is -1.96. The van der Waals surface area contributed by atoms with Crippen molar-refractivity contribution < 1.29 is 19.2 Å². The van der Waals surface area contributed by atoms with Gasteiger partial charge in [-0.15, -0.1) is 0 Å². The first-order chi connectivity index (χ1) is 21.0. The second kappa shape index (κ2) is 16.9. The van der Waals surface area contributed by atoms with Crippen LogP contribution in [0, 0.1) is 23.7 Å². The summed E-state index contributed by atoms with van der Waals surface area (Å²) in [5.41, 5.74) is -0.845. The van der Waals surface area contributed by atoms with E-state index in [1.165, 1.54) is 57.8 Å². The number of carbonyl (C=O) groups excluding carboxylic acids is 2. The Bertz CT molecular complexity index is 1240. The van der Waals surface area contributed by atoms with Gasteiger partial charge in [0.1, 0.15) is 0 Å². The number of hydrogen-bond donors (Lipinski definition) is 0. The zero-order chi connectivity index (χ0) is 34.1. The van der Waals surface area contributed by atoms with E-state index in [1.807, 2.05) is 6.92 Å². The first kappa shape index (κ1) is 22.8. The number of allylic oxidation sites excluding steroid dienone is 4. The molecule has 0 unspecified atom stereocenters. The summed E-state index contributed by atoms with van der Waals surface area (Å²) in [4.78, 5) is 26.7. The van der Waals surface area contributed by atoms with E-state index in [2.05, 4.69) is 34.6 Å². The molecule has 0 radical (unpaired) electrons. The van der Waals surface area contributed by atoms with Crippen LogP contribution in [0.1, 0.15) is 162 Å². The van der Waals surface area contributed by atoms with E-state index in [1.54, 1.807) is 6.08 Å². The van der Waals surface area contributed by atoms with Crippen molar-refractivity contribution in [3.63, 3.8) is 0 Å².